The number of hydrogen-bond donors (Lipinski definition) is 1. The largest absolute Gasteiger partial charge is 0.325 e. The van der Waals surface area contributed by atoms with Crippen molar-refractivity contribution < 1.29 is 4.21 Å². The van der Waals surface area contributed by atoms with Gasteiger partial charge in [0.25, 0.3) is 0 Å². The van der Waals surface area contributed by atoms with Gasteiger partial charge in [-0.1, -0.05) is 0 Å². The lowest BCUT2D eigenvalue weighted by Gasteiger charge is -2.17. The third kappa shape index (κ3) is 8.56. The average molecular weight is 209 g/mol. The van der Waals surface area contributed by atoms with Crippen LogP contribution in [0.25, 0.3) is 0 Å². The molecule has 0 radical (unpaired) electrons. The van der Waals surface area contributed by atoms with Crippen LogP contribution in [0.15, 0.2) is 0 Å². The molecule has 1 atom stereocenters. The van der Waals surface area contributed by atoms with Crippen LogP contribution < -0.4 is 5.73 Å². The van der Waals surface area contributed by atoms with E-state index in [9.17, 15) is 4.21 Å². The Labute approximate surface area is 82.1 Å². The third-order valence-electron chi connectivity index (χ3n) is 1.25. The fraction of sp³-hybridized carbons (Fsp3) is 1.00. The zero-order valence-corrected chi connectivity index (χ0v) is 9.76. The maximum absolute atomic E-state index is 11.4. The number of rotatable bonds is 6. The van der Waals surface area contributed by atoms with Gasteiger partial charge >= 0.3 is 0 Å². The number of thioether (sulfide) groups is 1. The van der Waals surface area contributed by atoms with Gasteiger partial charge in [-0.3, -0.25) is 4.21 Å². The van der Waals surface area contributed by atoms with E-state index < -0.39 is 10.8 Å². The first kappa shape index (κ1) is 12.5. The molecule has 1 unspecified atom stereocenters. The second-order valence-corrected chi connectivity index (χ2v) is 6.19. The van der Waals surface area contributed by atoms with Crippen LogP contribution in [-0.2, 0) is 10.8 Å². The highest BCUT2D eigenvalue weighted by atomic mass is 32.2. The predicted molar refractivity (Wildman–Crippen MR) is 59.1 cm³/mol. The van der Waals surface area contributed by atoms with E-state index in [2.05, 4.69) is 6.26 Å². The van der Waals surface area contributed by atoms with E-state index in [-0.39, 0.29) is 5.54 Å². The van der Waals surface area contributed by atoms with Crippen LogP contribution in [0.3, 0.4) is 0 Å². The molecule has 74 valence electrons. The van der Waals surface area contributed by atoms with Crippen molar-refractivity contribution in [1.82, 2.24) is 0 Å². The molecule has 0 aliphatic rings. The quantitative estimate of drug-likeness (QED) is 0.669. The molecule has 0 aromatic heterocycles. The van der Waals surface area contributed by atoms with Gasteiger partial charge in [0, 0.05) is 27.8 Å². The fourth-order valence-electron chi connectivity index (χ4n) is 0.851. The Bertz CT molecular complexity index is 142. The summed E-state index contributed by atoms with van der Waals surface area (Å²) in [5, 5.41) is 0. The van der Waals surface area contributed by atoms with Crippen molar-refractivity contribution >= 4 is 22.6 Å². The Morgan fingerprint density at radius 1 is 1.50 bits per heavy atom. The topological polar surface area (TPSA) is 43.1 Å². The summed E-state index contributed by atoms with van der Waals surface area (Å²) in [6.07, 6.45) is 3.10. The second-order valence-electron chi connectivity index (χ2n) is 3.62. The molecule has 0 fully saturated rings. The lowest BCUT2D eigenvalue weighted by Crippen LogP contribution is -2.38. The molecule has 0 saturated heterocycles. The van der Waals surface area contributed by atoms with Crippen molar-refractivity contribution in [3.05, 3.63) is 0 Å². The van der Waals surface area contributed by atoms with Crippen LogP contribution >= 0.6 is 11.8 Å². The summed E-state index contributed by atoms with van der Waals surface area (Å²) in [6, 6.07) is 0. The minimum absolute atomic E-state index is 0.287. The van der Waals surface area contributed by atoms with E-state index >= 15 is 0 Å². The average Bonchev–Trinajstić information content (AvgIpc) is 1.84. The molecule has 12 heavy (non-hydrogen) atoms. The second kappa shape index (κ2) is 6.00. The molecule has 2 nitrogen and oxygen atoms in total. The minimum atomic E-state index is -0.729. The minimum Gasteiger partial charge on any atom is -0.325 e. The molecule has 0 rings (SSSR count). The van der Waals surface area contributed by atoms with E-state index in [4.69, 9.17) is 5.73 Å². The zero-order chi connectivity index (χ0) is 9.61. The summed E-state index contributed by atoms with van der Waals surface area (Å²) >= 11 is 1.80. The smallest absolute Gasteiger partial charge is 0.0409 e. The van der Waals surface area contributed by atoms with Gasteiger partial charge in [-0.05, 0) is 32.3 Å². The normalized spacial score (nSPS) is 14.7. The van der Waals surface area contributed by atoms with Gasteiger partial charge in [0.1, 0.15) is 0 Å². The molecule has 0 aromatic rings. The van der Waals surface area contributed by atoms with Gasteiger partial charge in [0.15, 0.2) is 0 Å². The number of nitrogens with two attached hydrogens (primary N) is 1. The molecule has 0 aliphatic heterocycles. The summed E-state index contributed by atoms with van der Waals surface area (Å²) in [4.78, 5) is 0. The van der Waals surface area contributed by atoms with Gasteiger partial charge in [-0.25, -0.2) is 0 Å². The van der Waals surface area contributed by atoms with E-state index in [0.29, 0.717) is 5.75 Å². The molecule has 0 spiro atoms. The summed E-state index contributed by atoms with van der Waals surface area (Å²) in [6.45, 7) is 3.83. The van der Waals surface area contributed by atoms with Gasteiger partial charge in [-0.15, -0.1) is 0 Å². The molecule has 0 amide bonds. The standard InChI is InChI=1S/C8H19NOS2/c1-8(2,9)7-12(10)6-4-5-11-3/h4-7,9H2,1-3H3. The van der Waals surface area contributed by atoms with Crippen LogP contribution in [0, 0.1) is 0 Å². The SMILES string of the molecule is CSCCCS(=O)CC(C)(C)N. The Kier molecular flexibility index (Phi) is 6.23. The van der Waals surface area contributed by atoms with Crippen molar-refractivity contribution in [2.75, 3.05) is 23.5 Å². The van der Waals surface area contributed by atoms with Crippen molar-refractivity contribution in [3.8, 4) is 0 Å². The van der Waals surface area contributed by atoms with Crippen LogP contribution in [-0.4, -0.2) is 33.3 Å². The van der Waals surface area contributed by atoms with Crippen LogP contribution in [0.4, 0.5) is 0 Å². The highest BCUT2D eigenvalue weighted by molar-refractivity contribution is 7.98. The van der Waals surface area contributed by atoms with E-state index in [1.54, 1.807) is 11.8 Å². The lowest BCUT2D eigenvalue weighted by atomic mass is 10.1. The Hall–Kier alpha value is 0.460. The maximum Gasteiger partial charge on any atom is 0.0409 e. The van der Waals surface area contributed by atoms with Crippen LogP contribution in [0.1, 0.15) is 20.3 Å². The lowest BCUT2D eigenvalue weighted by molar-refractivity contribution is 0.577. The molecule has 0 aromatic carbocycles. The van der Waals surface area contributed by atoms with Crippen LogP contribution in [0.2, 0.25) is 0 Å². The monoisotopic (exact) mass is 209 g/mol. The van der Waals surface area contributed by atoms with Gasteiger partial charge in [0.2, 0.25) is 0 Å². The molecule has 0 aliphatic carbocycles. The first-order valence-electron chi connectivity index (χ1n) is 4.08. The summed E-state index contributed by atoms with van der Waals surface area (Å²) in [7, 11) is -0.729. The summed E-state index contributed by atoms with van der Waals surface area (Å²) in [5.41, 5.74) is 5.45. The summed E-state index contributed by atoms with van der Waals surface area (Å²) in [5.74, 6) is 2.50. The first-order chi connectivity index (χ1) is 5.45. The van der Waals surface area contributed by atoms with Crippen molar-refractivity contribution in [3.63, 3.8) is 0 Å². The van der Waals surface area contributed by atoms with E-state index in [0.717, 1.165) is 17.9 Å². The highest BCUT2D eigenvalue weighted by Gasteiger charge is 2.14. The van der Waals surface area contributed by atoms with Gasteiger partial charge in [0.05, 0.1) is 0 Å². The first-order valence-corrected chi connectivity index (χ1v) is 6.97. The Morgan fingerprint density at radius 2 is 2.08 bits per heavy atom. The Morgan fingerprint density at radius 3 is 2.50 bits per heavy atom. The van der Waals surface area contributed by atoms with E-state index in [1.165, 1.54) is 0 Å². The van der Waals surface area contributed by atoms with Gasteiger partial charge in [-0.2, -0.15) is 11.8 Å². The third-order valence-corrected chi connectivity index (χ3v) is 3.76. The summed E-state index contributed by atoms with van der Waals surface area (Å²) < 4.78 is 11.4. The van der Waals surface area contributed by atoms with Gasteiger partial charge < -0.3 is 5.73 Å². The highest BCUT2D eigenvalue weighted by Crippen LogP contribution is 2.03. The van der Waals surface area contributed by atoms with Crippen molar-refractivity contribution in [2.24, 2.45) is 5.73 Å². The molecule has 0 saturated carbocycles. The molecule has 2 N–H and O–H groups in total. The van der Waals surface area contributed by atoms with Crippen LogP contribution in [0.5, 0.6) is 0 Å². The Balaban J connectivity index is 3.47. The maximum atomic E-state index is 11.4. The van der Waals surface area contributed by atoms with E-state index in [1.807, 2.05) is 13.8 Å². The molecular formula is C8H19NOS2. The molecule has 0 heterocycles. The zero-order valence-electron chi connectivity index (χ0n) is 8.13. The molecule has 4 heteroatoms. The molecular weight excluding hydrogens is 190 g/mol. The van der Waals surface area contributed by atoms with Crippen molar-refractivity contribution in [2.45, 2.75) is 25.8 Å². The van der Waals surface area contributed by atoms with Crippen molar-refractivity contribution in [1.29, 1.82) is 0 Å². The molecule has 0 bridgehead atoms. The number of hydrogen-bond acceptors (Lipinski definition) is 3. The predicted octanol–water partition coefficient (Wildman–Crippen LogP) is 1.23. The fourth-order valence-corrected chi connectivity index (χ4v) is 2.91.